The van der Waals surface area contributed by atoms with Crippen LogP contribution in [0.25, 0.3) is 0 Å². The lowest BCUT2D eigenvalue weighted by Gasteiger charge is -2.25. The number of benzene rings is 2. The summed E-state index contributed by atoms with van der Waals surface area (Å²) in [5, 5.41) is -0.340. The van der Waals surface area contributed by atoms with Crippen LogP contribution < -0.4 is 4.90 Å². The van der Waals surface area contributed by atoms with Crippen LogP contribution in [0.5, 0.6) is 0 Å². The number of amides is 1. The van der Waals surface area contributed by atoms with Crippen molar-refractivity contribution in [1.29, 1.82) is 0 Å². The van der Waals surface area contributed by atoms with Gasteiger partial charge in [-0.2, -0.15) is 0 Å². The molecule has 1 heterocycles. The predicted octanol–water partition coefficient (Wildman–Crippen LogP) is 4.71. The number of carbonyl (C=O) groups is 1. The lowest BCUT2D eigenvalue weighted by molar-refractivity contribution is -0.115. The van der Waals surface area contributed by atoms with E-state index in [4.69, 9.17) is 11.6 Å². The van der Waals surface area contributed by atoms with Gasteiger partial charge < -0.3 is 0 Å². The van der Waals surface area contributed by atoms with Crippen molar-refractivity contribution in [3.05, 3.63) is 64.2 Å². The van der Waals surface area contributed by atoms with Crippen LogP contribution in [0.1, 0.15) is 16.5 Å². The lowest BCUT2D eigenvalue weighted by atomic mass is 10.1. The van der Waals surface area contributed by atoms with Gasteiger partial charge in [-0.15, -0.1) is 11.8 Å². The Morgan fingerprint density at radius 3 is 2.68 bits per heavy atom. The minimum absolute atomic E-state index is 0.197. The van der Waals surface area contributed by atoms with E-state index in [2.05, 4.69) is 0 Å². The molecule has 1 fully saturated rings. The molecule has 6 heteroatoms. The van der Waals surface area contributed by atoms with E-state index in [9.17, 15) is 13.6 Å². The zero-order valence-corrected chi connectivity index (χ0v) is 13.2. The molecule has 2 nitrogen and oxygen atoms in total. The number of halogens is 3. The Morgan fingerprint density at radius 2 is 2.00 bits per heavy atom. The van der Waals surface area contributed by atoms with Crippen molar-refractivity contribution < 1.29 is 13.6 Å². The predicted molar refractivity (Wildman–Crippen MR) is 85.2 cm³/mol. The Labute approximate surface area is 136 Å². The van der Waals surface area contributed by atoms with Gasteiger partial charge in [0, 0.05) is 16.3 Å². The minimum Gasteiger partial charge on any atom is -0.295 e. The Kier molecular flexibility index (Phi) is 4.10. The number of hydrogen-bond acceptors (Lipinski definition) is 2. The number of nitrogens with zero attached hydrogens (tertiary/aromatic N) is 1. The number of carbonyl (C=O) groups excluding carboxylic acids is 1. The number of aryl methyl sites for hydroxylation is 1. The number of anilines is 1. The molecule has 0 aromatic heterocycles. The molecule has 0 radical (unpaired) electrons. The van der Waals surface area contributed by atoms with Gasteiger partial charge in [-0.05, 0) is 36.8 Å². The van der Waals surface area contributed by atoms with Gasteiger partial charge in [-0.1, -0.05) is 23.7 Å². The molecule has 22 heavy (non-hydrogen) atoms. The molecular weight excluding hydrogens is 328 g/mol. The molecule has 1 atom stereocenters. The maximum absolute atomic E-state index is 14.2. The van der Waals surface area contributed by atoms with Gasteiger partial charge in [0.05, 0.1) is 5.75 Å². The van der Waals surface area contributed by atoms with Crippen LogP contribution >= 0.6 is 23.4 Å². The van der Waals surface area contributed by atoms with Crippen molar-refractivity contribution in [2.24, 2.45) is 0 Å². The van der Waals surface area contributed by atoms with Crippen LogP contribution in [0.4, 0.5) is 14.5 Å². The smallest absolute Gasteiger partial charge is 0.238 e. The summed E-state index contributed by atoms with van der Waals surface area (Å²) >= 11 is 7.38. The van der Waals surface area contributed by atoms with Gasteiger partial charge in [-0.25, -0.2) is 8.78 Å². The second-order valence-corrected chi connectivity index (χ2v) is 6.47. The van der Waals surface area contributed by atoms with Gasteiger partial charge in [0.15, 0.2) is 0 Å². The zero-order chi connectivity index (χ0) is 15.9. The molecule has 1 unspecified atom stereocenters. The molecule has 2 aromatic carbocycles. The molecular formula is C16H12ClF2NOS. The highest BCUT2D eigenvalue weighted by Crippen LogP contribution is 2.45. The second kappa shape index (κ2) is 5.89. The topological polar surface area (TPSA) is 20.3 Å². The summed E-state index contributed by atoms with van der Waals surface area (Å²) in [6.07, 6.45) is 0. The highest BCUT2D eigenvalue weighted by atomic mass is 35.5. The maximum Gasteiger partial charge on any atom is 0.238 e. The highest BCUT2D eigenvalue weighted by molar-refractivity contribution is 8.00. The van der Waals surface area contributed by atoms with Gasteiger partial charge in [0.2, 0.25) is 5.91 Å². The van der Waals surface area contributed by atoms with Gasteiger partial charge in [-0.3, -0.25) is 9.69 Å². The van der Waals surface area contributed by atoms with Crippen LogP contribution in [-0.2, 0) is 4.79 Å². The molecule has 0 bridgehead atoms. The van der Waals surface area contributed by atoms with Crippen molar-refractivity contribution in [2.75, 3.05) is 10.7 Å². The summed E-state index contributed by atoms with van der Waals surface area (Å²) in [7, 11) is 0. The van der Waals surface area contributed by atoms with E-state index >= 15 is 0 Å². The van der Waals surface area contributed by atoms with Crippen molar-refractivity contribution in [1.82, 2.24) is 0 Å². The molecule has 0 spiro atoms. The molecule has 1 aliphatic rings. The molecule has 0 N–H and O–H groups in total. The van der Waals surface area contributed by atoms with E-state index in [0.29, 0.717) is 11.3 Å². The summed E-state index contributed by atoms with van der Waals surface area (Å²) < 4.78 is 28.0. The average Bonchev–Trinajstić information content (AvgIpc) is 2.84. The molecule has 1 saturated heterocycles. The van der Waals surface area contributed by atoms with Crippen LogP contribution in [0.15, 0.2) is 36.4 Å². The van der Waals surface area contributed by atoms with E-state index in [1.54, 1.807) is 25.1 Å². The monoisotopic (exact) mass is 339 g/mol. The lowest BCUT2D eigenvalue weighted by Crippen LogP contribution is -2.28. The second-order valence-electron chi connectivity index (χ2n) is 5.00. The van der Waals surface area contributed by atoms with E-state index < -0.39 is 17.0 Å². The van der Waals surface area contributed by atoms with Crippen molar-refractivity contribution >= 4 is 35.0 Å². The first kappa shape index (κ1) is 15.3. The van der Waals surface area contributed by atoms with Gasteiger partial charge in [0.25, 0.3) is 0 Å². The fourth-order valence-electron chi connectivity index (χ4n) is 2.40. The van der Waals surface area contributed by atoms with Crippen LogP contribution in [0, 0.1) is 18.6 Å². The number of hydrogen-bond donors (Lipinski definition) is 0. The van der Waals surface area contributed by atoms with Crippen LogP contribution in [-0.4, -0.2) is 11.7 Å². The van der Waals surface area contributed by atoms with Crippen molar-refractivity contribution in [2.45, 2.75) is 12.3 Å². The summed E-state index contributed by atoms with van der Waals surface area (Å²) in [4.78, 5) is 13.6. The first-order chi connectivity index (χ1) is 10.5. The Bertz CT molecular complexity index is 733. The first-order valence-corrected chi connectivity index (χ1v) is 8.05. The molecule has 3 rings (SSSR count). The third-order valence-corrected chi connectivity index (χ3v) is 5.05. The standard InChI is InChI=1S/C16H12ClF2NOS/c1-9-5-6-10(7-13(9)19)20-14(21)8-22-16(20)15-11(17)3-2-4-12(15)18/h2-7,16H,8H2,1H3. The Balaban J connectivity index is 2.08. The minimum atomic E-state index is -0.594. The van der Waals surface area contributed by atoms with Crippen LogP contribution in [0.2, 0.25) is 5.02 Å². The van der Waals surface area contributed by atoms with Crippen molar-refractivity contribution in [3.63, 3.8) is 0 Å². The van der Waals surface area contributed by atoms with E-state index in [1.165, 1.54) is 34.9 Å². The van der Waals surface area contributed by atoms with Crippen LogP contribution in [0.3, 0.4) is 0 Å². The zero-order valence-electron chi connectivity index (χ0n) is 11.6. The molecule has 0 saturated carbocycles. The summed E-state index contributed by atoms with van der Waals surface area (Å²) in [6.45, 7) is 1.64. The Hall–Kier alpha value is -1.59. The first-order valence-electron chi connectivity index (χ1n) is 6.63. The fraction of sp³-hybridized carbons (Fsp3) is 0.188. The van der Waals surface area contributed by atoms with Gasteiger partial charge >= 0.3 is 0 Å². The summed E-state index contributed by atoms with van der Waals surface area (Å²) in [6, 6.07) is 8.94. The quantitative estimate of drug-likeness (QED) is 0.790. The normalized spacial score (nSPS) is 18.1. The number of rotatable bonds is 2. The largest absolute Gasteiger partial charge is 0.295 e. The van der Waals surface area contributed by atoms with Gasteiger partial charge in [0.1, 0.15) is 17.0 Å². The number of thioether (sulfide) groups is 1. The van der Waals surface area contributed by atoms with E-state index in [0.717, 1.165) is 0 Å². The molecule has 1 aliphatic heterocycles. The Morgan fingerprint density at radius 1 is 1.23 bits per heavy atom. The molecule has 114 valence electrons. The highest BCUT2D eigenvalue weighted by Gasteiger charge is 2.37. The average molecular weight is 340 g/mol. The molecule has 0 aliphatic carbocycles. The van der Waals surface area contributed by atoms with E-state index in [1.807, 2.05) is 0 Å². The fourth-order valence-corrected chi connectivity index (χ4v) is 3.96. The molecule has 1 amide bonds. The SMILES string of the molecule is Cc1ccc(N2C(=O)CSC2c2c(F)cccc2Cl)cc1F. The third-order valence-electron chi connectivity index (χ3n) is 3.55. The van der Waals surface area contributed by atoms with E-state index in [-0.39, 0.29) is 22.2 Å². The summed E-state index contributed by atoms with van der Waals surface area (Å²) in [5.41, 5.74) is 1.15. The van der Waals surface area contributed by atoms with Crippen molar-refractivity contribution in [3.8, 4) is 0 Å². The summed E-state index contributed by atoms with van der Waals surface area (Å²) in [5.74, 6) is -0.874. The molecule has 2 aromatic rings. The maximum atomic E-state index is 14.2. The third kappa shape index (κ3) is 2.59.